The van der Waals surface area contributed by atoms with E-state index < -0.39 is 23.4 Å². The van der Waals surface area contributed by atoms with Gasteiger partial charge in [0, 0.05) is 25.1 Å². The Morgan fingerprint density at radius 1 is 1.44 bits per heavy atom. The van der Waals surface area contributed by atoms with E-state index in [2.05, 4.69) is 4.98 Å². The summed E-state index contributed by atoms with van der Waals surface area (Å²) in [6.07, 6.45) is -1.69. The molecule has 18 heavy (non-hydrogen) atoms. The van der Waals surface area contributed by atoms with Crippen LogP contribution in [-0.4, -0.2) is 17.7 Å². The molecule has 102 valence electrons. The van der Waals surface area contributed by atoms with E-state index in [1.807, 2.05) is 6.92 Å². The molecule has 3 nitrogen and oxygen atoms in total. The van der Waals surface area contributed by atoms with Crippen LogP contribution in [0.4, 0.5) is 13.2 Å². The molecule has 0 aliphatic carbocycles. The van der Waals surface area contributed by atoms with Crippen molar-refractivity contribution in [3.63, 3.8) is 0 Å². The number of nitrogens with zero attached hydrogens (tertiary/aromatic N) is 1. The standard InChI is InChI=1S/C12H17F3N2O/c1-4-11(2,18-3)10(16)8-7-17-6-5-9(8)12(13,14)15/h5-7,10H,4,16H2,1-3H3. The average molecular weight is 262 g/mol. The van der Waals surface area contributed by atoms with E-state index in [9.17, 15) is 13.2 Å². The molecule has 0 aromatic carbocycles. The van der Waals surface area contributed by atoms with Crippen LogP contribution in [0.1, 0.15) is 37.4 Å². The second kappa shape index (κ2) is 5.24. The van der Waals surface area contributed by atoms with Gasteiger partial charge in [-0.2, -0.15) is 13.2 Å². The van der Waals surface area contributed by atoms with Gasteiger partial charge in [0.25, 0.3) is 0 Å². The SMILES string of the molecule is CCC(C)(OC)C(N)c1cnccc1C(F)(F)F. The van der Waals surface area contributed by atoms with Gasteiger partial charge in [0.1, 0.15) is 0 Å². The molecule has 0 spiro atoms. The summed E-state index contributed by atoms with van der Waals surface area (Å²) in [7, 11) is 1.44. The molecule has 1 rings (SSSR count). The van der Waals surface area contributed by atoms with E-state index >= 15 is 0 Å². The van der Waals surface area contributed by atoms with E-state index in [4.69, 9.17) is 10.5 Å². The lowest BCUT2D eigenvalue weighted by atomic mass is 9.87. The Balaban J connectivity index is 3.25. The highest BCUT2D eigenvalue weighted by Gasteiger charge is 2.39. The van der Waals surface area contributed by atoms with Gasteiger partial charge in [0.05, 0.1) is 17.2 Å². The molecule has 6 heteroatoms. The van der Waals surface area contributed by atoms with Crippen LogP contribution in [0.15, 0.2) is 18.5 Å². The molecule has 0 bridgehead atoms. The summed E-state index contributed by atoms with van der Waals surface area (Å²) in [5.41, 5.74) is 4.26. The van der Waals surface area contributed by atoms with Crippen LogP contribution in [0.2, 0.25) is 0 Å². The Morgan fingerprint density at radius 3 is 2.50 bits per heavy atom. The number of alkyl halides is 3. The number of hydrogen-bond acceptors (Lipinski definition) is 3. The zero-order chi connectivity index (χ0) is 14.0. The number of ether oxygens (including phenoxy) is 1. The summed E-state index contributed by atoms with van der Waals surface area (Å²) in [5, 5.41) is 0. The Kier molecular flexibility index (Phi) is 4.34. The normalized spacial score (nSPS) is 17.3. The largest absolute Gasteiger partial charge is 0.416 e. The fourth-order valence-electron chi connectivity index (χ4n) is 1.73. The van der Waals surface area contributed by atoms with Crippen LogP contribution in [0, 0.1) is 0 Å². The maximum atomic E-state index is 12.9. The van der Waals surface area contributed by atoms with E-state index in [1.165, 1.54) is 7.11 Å². The third-order valence-corrected chi connectivity index (χ3v) is 3.32. The van der Waals surface area contributed by atoms with E-state index in [1.54, 1.807) is 6.92 Å². The molecule has 2 N–H and O–H groups in total. The van der Waals surface area contributed by atoms with Crippen LogP contribution in [0.3, 0.4) is 0 Å². The summed E-state index contributed by atoms with van der Waals surface area (Å²) in [4.78, 5) is 3.73. The van der Waals surface area contributed by atoms with Crippen molar-refractivity contribution in [1.29, 1.82) is 0 Å². The highest BCUT2D eigenvalue weighted by atomic mass is 19.4. The third-order valence-electron chi connectivity index (χ3n) is 3.32. The maximum Gasteiger partial charge on any atom is 0.416 e. The first-order chi connectivity index (χ1) is 8.26. The van der Waals surface area contributed by atoms with Crippen molar-refractivity contribution >= 4 is 0 Å². The number of aromatic nitrogens is 1. The minimum absolute atomic E-state index is 0.0452. The number of methoxy groups -OCH3 is 1. The molecule has 1 aromatic rings. The second-order valence-corrected chi connectivity index (χ2v) is 4.31. The van der Waals surface area contributed by atoms with Crippen LogP contribution in [-0.2, 0) is 10.9 Å². The van der Waals surface area contributed by atoms with Gasteiger partial charge >= 0.3 is 6.18 Å². The lowest BCUT2D eigenvalue weighted by Gasteiger charge is -2.34. The number of rotatable bonds is 4. The van der Waals surface area contributed by atoms with E-state index in [-0.39, 0.29) is 5.56 Å². The van der Waals surface area contributed by atoms with Crippen molar-refractivity contribution < 1.29 is 17.9 Å². The first-order valence-corrected chi connectivity index (χ1v) is 5.58. The maximum absolute atomic E-state index is 12.9. The first kappa shape index (κ1) is 14.9. The molecule has 1 heterocycles. The molecule has 0 aliphatic rings. The molecule has 2 unspecified atom stereocenters. The van der Waals surface area contributed by atoms with Crippen molar-refractivity contribution in [3.05, 3.63) is 29.6 Å². The average Bonchev–Trinajstić information content (AvgIpc) is 2.36. The molecule has 0 saturated carbocycles. The third kappa shape index (κ3) is 2.81. The minimum atomic E-state index is -4.45. The molecule has 0 saturated heterocycles. The second-order valence-electron chi connectivity index (χ2n) is 4.31. The number of pyridine rings is 1. The molecule has 0 aliphatic heterocycles. The summed E-state index contributed by atoms with van der Waals surface area (Å²) >= 11 is 0. The van der Waals surface area contributed by atoms with Crippen LogP contribution in [0.25, 0.3) is 0 Å². The predicted molar refractivity (Wildman–Crippen MR) is 61.9 cm³/mol. The van der Waals surface area contributed by atoms with Gasteiger partial charge in [-0.25, -0.2) is 0 Å². The Labute approximate surface area is 104 Å². The number of halogens is 3. The highest BCUT2D eigenvalue weighted by molar-refractivity contribution is 5.31. The van der Waals surface area contributed by atoms with Gasteiger partial charge in [-0.15, -0.1) is 0 Å². The molecular weight excluding hydrogens is 245 g/mol. The summed E-state index contributed by atoms with van der Waals surface area (Å²) in [6.45, 7) is 3.50. The smallest absolute Gasteiger partial charge is 0.377 e. The van der Waals surface area contributed by atoms with Crippen LogP contribution in [0.5, 0.6) is 0 Å². The molecular formula is C12H17F3N2O. The van der Waals surface area contributed by atoms with Gasteiger partial charge in [-0.05, 0) is 19.4 Å². The zero-order valence-electron chi connectivity index (χ0n) is 10.6. The molecule has 1 aromatic heterocycles. The fraction of sp³-hybridized carbons (Fsp3) is 0.583. The van der Waals surface area contributed by atoms with Crippen LogP contribution < -0.4 is 5.73 Å². The lowest BCUT2D eigenvalue weighted by molar-refractivity contribution is -0.139. The van der Waals surface area contributed by atoms with Crippen molar-refractivity contribution in [2.45, 2.75) is 38.1 Å². The van der Waals surface area contributed by atoms with Crippen molar-refractivity contribution in [2.75, 3.05) is 7.11 Å². The minimum Gasteiger partial charge on any atom is -0.377 e. The van der Waals surface area contributed by atoms with Gasteiger partial charge in [0.2, 0.25) is 0 Å². The van der Waals surface area contributed by atoms with Gasteiger partial charge < -0.3 is 10.5 Å². The van der Waals surface area contributed by atoms with Crippen molar-refractivity contribution in [1.82, 2.24) is 4.98 Å². The Bertz CT molecular complexity index is 403. The molecule has 2 atom stereocenters. The lowest BCUT2D eigenvalue weighted by Crippen LogP contribution is -2.40. The van der Waals surface area contributed by atoms with E-state index in [0.29, 0.717) is 6.42 Å². The van der Waals surface area contributed by atoms with Crippen molar-refractivity contribution in [3.8, 4) is 0 Å². The zero-order valence-corrected chi connectivity index (χ0v) is 10.6. The number of hydrogen-bond donors (Lipinski definition) is 1. The van der Waals surface area contributed by atoms with Gasteiger partial charge in [-0.3, -0.25) is 4.98 Å². The van der Waals surface area contributed by atoms with Crippen LogP contribution >= 0.6 is 0 Å². The van der Waals surface area contributed by atoms with Crippen molar-refractivity contribution in [2.24, 2.45) is 5.73 Å². The quantitative estimate of drug-likeness (QED) is 0.907. The van der Waals surface area contributed by atoms with Gasteiger partial charge in [-0.1, -0.05) is 6.92 Å². The molecule has 0 radical (unpaired) electrons. The first-order valence-electron chi connectivity index (χ1n) is 5.58. The highest BCUT2D eigenvalue weighted by Crippen LogP contribution is 2.38. The Morgan fingerprint density at radius 2 is 2.06 bits per heavy atom. The number of nitrogens with two attached hydrogens (primary N) is 1. The summed E-state index contributed by atoms with van der Waals surface area (Å²) in [6, 6.07) is 0.0406. The molecule has 0 amide bonds. The summed E-state index contributed by atoms with van der Waals surface area (Å²) in [5.74, 6) is 0. The monoisotopic (exact) mass is 262 g/mol. The predicted octanol–water partition coefficient (Wildman–Crippen LogP) is 2.92. The molecule has 0 fully saturated rings. The fourth-order valence-corrected chi connectivity index (χ4v) is 1.73. The topological polar surface area (TPSA) is 48.1 Å². The summed E-state index contributed by atoms with van der Waals surface area (Å²) < 4.78 is 43.9. The van der Waals surface area contributed by atoms with E-state index in [0.717, 1.165) is 18.5 Å². The Hall–Kier alpha value is -1.14. The van der Waals surface area contributed by atoms with Gasteiger partial charge in [0.15, 0.2) is 0 Å².